The summed E-state index contributed by atoms with van der Waals surface area (Å²) < 4.78 is 10.4. The zero-order valence-corrected chi connectivity index (χ0v) is 14.0. The van der Waals surface area contributed by atoms with Gasteiger partial charge in [0.2, 0.25) is 0 Å². The van der Waals surface area contributed by atoms with Gasteiger partial charge in [0, 0.05) is 11.0 Å². The molecule has 128 valence electrons. The summed E-state index contributed by atoms with van der Waals surface area (Å²) in [5.74, 6) is -1.47. The van der Waals surface area contributed by atoms with Crippen LogP contribution in [-0.4, -0.2) is 36.4 Å². The fourth-order valence-electron chi connectivity index (χ4n) is 2.76. The Morgan fingerprint density at radius 3 is 2.12 bits per heavy atom. The van der Waals surface area contributed by atoms with Crippen LogP contribution in [0, 0.1) is 5.41 Å². The van der Waals surface area contributed by atoms with Crippen molar-refractivity contribution in [2.45, 2.75) is 19.3 Å². The van der Waals surface area contributed by atoms with Gasteiger partial charge in [-0.25, -0.2) is 4.79 Å². The van der Waals surface area contributed by atoms with Crippen molar-refractivity contribution in [2.24, 2.45) is 5.41 Å². The third-order valence-electron chi connectivity index (χ3n) is 4.27. The zero-order valence-electron chi connectivity index (χ0n) is 14.0. The van der Waals surface area contributed by atoms with Crippen molar-refractivity contribution in [3.05, 3.63) is 47.6 Å². The molecule has 1 atom stereocenters. The van der Waals surface area contributed by atoms with Crippen molar-refractivity contribution in [1.29, 1.82) is 0 Å². The second-order valence-corrected chi connectivity index (χ2v) is 6.16. The van der Waals surface area contributed by atoms with Crippen LogP contribution in [0.4, 0.5) is 0 Å². The second-order valence-electron chi connectivity index (χ2n) is 6.16. The summed E-state index contributed by atoms with van der Waals surface area (Å²) in [6.07, 6.45) is 4.42. The lowest BCUT2D eigenvalue weighted by molar-refractivity contribution is -0.140. The molecule has 0 fully saturated rings. The third kappa shape index (κ3) is 2.75. The quantitative estimate of drug-likeness (QED) is 0.805. The largest absolute Gasteiger partial charge is 0.493 e. The van der Waals surface area contributed by atoms with Gasteiger partial charge in [-0.2, -0.15) is 0 Å². The number of benzene rings is 1. The molecule has 0 aromatic heterocycles. The molecule has 6 heteroatoms. The fraction of sp³-hybridized carbons (Fsp3) is 0.333. The standard InChI is InChI=1S/C18H20O6/c1-17(2)7-8-18(16(21)22,10-12(17)15(19)20)11-5-6-13(23-3)14(9-11)24-4/h5-10H,1-4H3,(H,19,20)(H,21,22). The lowest BCUT2D eigenvalue weighted by Crippen LogP contribution is -2.37. The summed E-state index contributed by atoms with van der Waals surface area (Å²) in [5.41, 5.74) is -1.93. The Hall–Kier alpha value is -2.76. The summed E-state index contributed by atoms with van der Waals surface area (Å²) in [5, 5.41) is 19.3. The van der Waals surface area contributed by atoms with Crippen molar-refractivity contribution in [3.63, 3.8) is 0 Å². The monoisotopic (exact) mass is 332 g/mol. The minimum atomic E-state index is -1.58. The maximum atomic E-state index is 12.0. The second kappa shape index (κ2) is 6.03. The first-order valence-electron chi connectivity index (χ1n) is 7.31. The van der Waals surface area contributed by atoms with Crippen LogP contribution in [0.2, 0.25) is 0 Å². The molecule has 1 aromatic rings. The van der Waals surface area contributed by atoms with Gasteiger partial charge in [-0.15, -0.1) is 0 Å². The molecule has 0 aliphatic heterocycles. The zero-order chi connectivity index (χ0) is 18.1. The fourth-order valence-corrected chi connectivity index (χ4v) is 2.76. The average Bonchev–Trinajstić information content (AvgIpc) is 2.53. The summed E-state index contributed by atoms with van der Waals surface area (Å²) in [4.78, 5) is 23.6. The van der Waals surface area contributed by atoms with Gasteiger partial charge in [0.1, 0.15) is 5.41 Å². The van der Waals surface area contributed by atoms with Gasteiger partial charge < -0.3 is 19.7 Å². The first-order chi connectivity index (χ1) is 11.2. The Labute approximate surface area is 140 Å². The average molecular weight is 332 g/mol. The van der Waals surface area contributed by atoms with Crippen molar-refractivity contribution >= 4 is 11.9 Å². The number of carboxylic acid groups (broad SMARTS) is 2. The van der Waals surface area contributed by atoms with Gasteiger partial charge >= 0.3 is 11.9 Å². The SMILES string of the molecule is COc1ccc(C2(C(=O)O)C=CC(C)(C)C(C(=O)O)=C2)cc1OC. The molecule has 0 saturated carbocycles. The topological polar surface area (TPSA) is 93.1 Å². The number of methoxy groups -OCH3 is 2. The normalized spacial score (nSPS) is 21.8. The summed E-state index contributed by atoms with van der Waals surface area (Å²) in [7, 11) is 2.93. The van der Waals surface area contributed by atoms with Crippen molar-refractivity contribution in [3.8, 4) is 11.5 Å². The first-order valence-corrected chi connectivity index (χ1v) is 7.31. The molecule has 0 heterocycles. The van der Waals surface area contributed by atoms with E-state index in [9.17, 15) is 19.8 Å². The van der Waals surface area contributed by atoms with Crippen LogP contribution in [0.15, 0.2) is 42.0 Å². The van der Waals surface area contributed by atoms with E-state index in [0.29, 0.717) is 17.1 Å². The van der Waals surface area contributed by atoms with E-state index in [1.807, 2.05) is 0 Å². The van der Waals surface area contributed by atoms with Gasteiger partial charge in [0.05, 0.1) is 14.2 Å². The maximum absolute atomic E-state index is 12.0. The minimum Gasteiger partial charge on any atom is -0.493 e. The molecule has 1 aromatic carbocycles. The van der Waals surface area contributed by atoms with E-state index in [2.05, 4.69) is 0 Å². The van der Waals surface area contributed by atoms with Crippen molar-refractivity contribution < 1.29 is 29.3 Å². The highest BCUT2D eigenvalue weighted by Gasteiger charge is 2.43. The molecule has 0 spiro atoms. The van der Waals surface area contributed by atoms with Crippen LogP contribution in [0.25, 0.3) is 0 Å². The highest BCUT2D eigenvalue weighted by Crippen LogP contribution is 2.43. The number of ether oxygens (including phenoxy) is 2. The number of carboxylic acids is 2. The molecule has 0 bridgehead atoms. The molecule has 0 saturated heterocycles. The molecule has 1 aliphatic rings. The van der Waals surface area contributed by atoms with Crippen molar-refractivity contribution in [1.82, 2.24) is 0 Å². The van der Waals surface area contributed by atoms with Crippen LogP contribution in [0.1, 0.15) is 19.4 Å². The van der Waals surface area contributed by atoms with E-state index in [-0.39, 0.29) is 5.57 Å². The van der Waals surface area contributed by atoms with E-state index in [4.69, 9.17) is 9.47 Å². The predicted octanol–water partition coefficient (Wildman–Crippen LogP) is 2.63. The Kier molecular flexibility index (Phi) is 4.42. The van der Waals surface area contributed by atoms with E-state index in [1.165, 1.54) is 26.4 Å². The number of hydrogen-bond donors (Lipinski definition) is 2. The summed E-state index contributed by atoms with van der Waals surface area (Å²) in [6, 6.07) is 4.74. The number of carbonyl (C=O) groups is 2. The van der Waals surface area contributed by atoms with Gasteiger partial charge in [0.25, 0.3) is 0 Å². The van der Waals surface area contributed by atoms with E-state index in [0.717, 1.165) is 0 Å². The van der Waals surface area contributed by atoms with Gasteiger partial charge in [-0.1, -0.05) is 32.1 Å². The smallest absolute Gasteiger partial charge is 0.332 e. The van der Waals surface area contributed by atoms with E-state index in [1.54, 1.807) is 38.1 Å². The van der Waals surface area contributed by atoms with Crippen molar-refractivity contribution in [2.75, 3.05) is 14.2 Å². The first kappa shape index (κ1) is 17.6. The van der Waals surface area contributed by atoms with Gasteiger partial charge in [0.15, 0.2) is 11.5 Å². The minimum absolute atomic E-state index is 0.0298. The molecule has 1 unspecified atom stereocenters. The number of allylic oxidation sites excluding steroid dienone is 1. The Morgan fingerprint density at radius 1 is 1.00 bits per heavy atom. The highest BCUT2D eigenvalue weighted by atomic mass is 16.5. The molecule has 2 N–H and O–H groups in total. The van der Waals surface area contributed by atoms with E-state index >= 15 is 0 Å². The Balaban J connectivity index is 2.71. The number of rotatable bonds is 5. The van der Waals surface area contributed by atoms with E-state index < -0.39 is 22.8 Å². The molecule has 2 rings (SSSR count). The molecular weight excluding hydrogens is 312 g/mol. The predicted molar refractivity (Wildman–Crippen MR) is 87.5 cm³/mol. The Morgan fingerprint density at radius 2 is 1.62 bits per heavy atom. The van der Waals surface area contributed by atoms with Crippen LogP contribution >= 0.6 is 0 Å². The highest BCUT2D eigenvalue weighted by molar-refractivity contribution is 5.95. The van der Waals surface area contributed by atoms with Crippen LogP contribution < -0.4 is 9.47 Å². The van der Waals surface area contributed by atoms with Crippen LogP contribution in [0.5, 0.6) is 11.5 Å². The lowest BCUT2D eigenvalue weighted by atomic mass is 9.68. The molecule has 1 aliphatic carbocycles. The van der Waals surface area contributed by atoms with Crippen LogP contribution in [0.3, 0.4) is 0 Å². The maximum Gasteiger partial charge on any atom is 0.332 e. The number of aliphatic carboxylic acids is 2. The molecule has 0 radical (unpaired) electrons. The Bertz CT molecular complexity index is 744. The molecule has 0 amide bonds. The molecular formula is C18H20O6. The van der Waals surface area contributed by atoms with Gasteiger partial charge in [-0.3, -0.25) is 4.79 Å². The van der Waals surface area contributed by atoms with Crippen LogP contribution in [-0.2, 0) is 15.0 Å². The number of hydrogen-bond acceptors (Lipinski definition) is 4. The summed E-state index contributed by atoms with van der Waals surface area (Å²) >= 11 is 0. The lowest BCUT2D eigenvalue weighted by Gasteiger charge is -2.33. The van der Waals surface area contributed by atoms with Gasteiger partial charge in [-0.05, 0) is 23.8 Å². The molecule has 6 nitrogen and oxygen atoms in total. The molecule has 24 heavy (non-hydrogen) atoms. The summed E-state index contributed by atoms with van der Waals surface area (Å²) in [6.45, 7) is 3.45. The third-order valence-corrected chi connectivity index (χ3v) is 4.27.